The second kappa shape index (κ2) is 9.78. The van der Waals surface area contributed by atoms with Gasteiger partial charge in [0, 0.05) is 41.6 Å². The van der Waals surface area contributed by atoms with E-state index in [-0.39, 0.29) is 17.8 Å². The monoisotopic (exact) mass is 392 g/mol. The fourth-order valence-corrected chi connectivity index (χ4v) is 3.58. The molecule has 0 aliphatic heterocycles. The molecule has 0 saturated carbocycles. The first-order chi connectivity index (χ1) is 12.4. The molecule has 0 radical (unpaired) electrons. The largest absolute Gasteiger partial charge is 0.370 e. The average Bonchev–Trinajstić information content (AvgIpc) is 3.00. The number of hydrogen-bond donors (Lipinski definition) is 5. The Morgan fingerprint density at radius 2 is 2.15 bits per heavy atom. The van der Waals surface area contributed by atoms with Gasteiger partial charge >= 0.3 is 0 Å². The van der Waals surface area contributed by atoms with E-state index in [0.29, 0.717) is 28.7 Å². The zero-order valence-corrected chi connectivity index (χ0v) is 15.8. The van der Waals surface area contributed by atoms with E-state index >= 15 is 0 Å². The standard InChI is InChI=1S/C16H20N6O2S2/c1-10(23)20-12-4-2-3-11(7-12)14(24)19-5-6-25-8-13-9-26-16(21-13)22-15(17)18/h2-4,7,9H,5-6,8H2,1H3,(H,19,24)(H,20,23)(H4,17,18,21,22). The molecule has 26 heavy (non-hydrogen) atoms. The third-order valence-electron chi connectivity index (χ3n) is 3.02. The Morgan fingerprint density at radius 3 is 2.88 bits per heavy atom. The fourth-order valence-electron chi connectivity index (χ4n) is 2.00. The third kappa shape index (κ3) is 6.73. The van der Waals surface area contributed by atoms with Gasteiger partial charge in [-0.3, -0.25) is 15.0 Å². The molecule has 0 spiro atoms. The van der Waals surface area contributed by atoms with E-state index in [1.807, 2.05) is 5.38 Å². The normalized spacial score (nSPS) is 10.2. The zero-order chi connectivity index (χ0) is 18.9. The number of thioether (sulfide) groups is 1. The van der Waals surface area contributed by atoms with Gasteiger partial charge in [-0.1, -0.05) is 6.07 Å². The number of aromatic nitrogens is 1. The Balaban J connectivity index is 1.71. The molecule has 0 atom stereocenters. The van der Waals surface area contributed by atoms with Crippen molar-refractivity contribution in [2.24, 2.45) is 5.73 Å². The van der Waals surface area contributed by atoms with Crippen molar-refractivity contribution in [3.63, 3.8) is 0 Å². The van der Waals surface area contributed by atoms with Crippen LogP contribution in [0.25, 0.3) is 0 Å². The second-order valence-electron chi connectivity index (χ2n) is 5.25. The summed E-state index contributed by atoms with van der Waals surface area (Å²) in [5.41, 5.74) is 7.25. The number of nitrogens with two attached hydrogens (primary N) is 1. The summed E-state index contributed by atoms with van der Waals surface area (Å²) in [4.78, 5) is 27.5. The van der Waals surface area contributed by atoms with Crippen LogP contribution in [0, 0.1) is 5.41 Å². The molecule has 8 nitrogen and oxygen atoms in total. The molecule has 0 fully saturated rings. The molecule has 1 aromatic carbocycles. The number of nitrogens with one attached hydrogen (secondary N) is 4. The lowest BCUT2D eigenvalue weighted by Gasteiger charge is -2.07. The van der Waals surface area contributed by atoms with E-state index < -0.39 is 0 Å². The predicted molar refractivity (Wildman–Crippen MR) is 107 cm³/mol. The molecule has 6 N–H and O–H groups in total. The molecule has 1 aromatic heterocycles. The zero-order valence-electron chi connectivity index (χ0n) is 14.2. The van der Waals surface area contributed by atoms with Crippen LogP contribution < -0.4 is 21.7 Å². The summed E-state index contributed by atoms with van der Waals surface area (Å²) in [7, 11) is 0. The fraction of sp³-hybridized carbons (Fsp3) is 0.250. The maximum Gasteiger partial charge on any atom is 0.251 e. The quantitative estimate of drug-likeness (QED) is 0.265. The van der Waals surface area contributed by atoms with Crippen molar-refractivity contribution < 1.29 is 9.59 Å². The molecule has 2 aromatic rings. The average molecular weight is 393 g/mol. The SMILES string of the molecule is CC(=O)Nc1cccc(C(=O)NCCSCc2csc(NC(=N)N)n2)c1. The van der Waals surface area contributed by atoms with Crippen molar-refractivity contribution in [1.82, 2.24) is 10.3 Å². The molecule has 0 saturated heterocycles. The molecular formula is C16H20N6O2S2. The number of anilines is 2. The third-order valence-corrected chi connectivity index (χ3v) is 4.82. The number of carbonyl (C=O) groups is 2. The Bertz CT molecular complexity index is 793. The number of hydrogen-bond acceptors (Lipinski definition) is 6. The van der Waals surface area contributed by atoms with E-state index in [0.717, 1.165) is 11.4 Å². The molecule has 0 unspecified atom stereocenters. The lowest BCUT2D eigenvalue weighted by Crippen LogP contribution is -2.25. The minimum absolute atomic E-state index is 0.135. The van der Waals surface area contributed by atoms with Crippen LogP contribution >= 0.6 is 23.1 Å². The first-order valence-corrected chi connectivity index (χ1v) is 9.76. The van der Waals surface area contributed by atoms with Crippen LogP contribution in [0.4, 0.5) is 10.8 Å². The summed E-state index contributed by atoms with van der Waals surface area (Å²) in [5, 5.41) is 17.8. The lowest BCUT2D eigenvalue weighted by molar-refractivity contribution is -0.114. The van der Waals surface area contributed by atoms with Gasteiger partial charge in [-0.25, -0.2) is 4.98 Å². The van der Waals surface area contributed by atoms with Gasteiger partial charge in [0.05, 0.1) is 5.69 Å². The van der Waals surface area contributed by atoms with E-state index in [1.165, 1.54) is 18.3 Å². The first kappa shape index (κ1) is 19.7. The van der Waals surface area contributed by atoms with Crippen molar-refractivity contribution in [2.45, 2.75) is 12.7 Å². The molecule has 0 aliphatic carbocycles. The van der Waals surface area contributed by atoms with Gasteiger partial charge < -0.3 is 21.7 Å². The highest BCUT2D eigenvalue weighted by molar-refractivity contribution is 7.98. The van der Waals surface area contributed by atoms with E-state index in [1.54, 1.807) is 36.0 Å². The van der Waals surface area contributed by atoms with Crippen LogP contribution in [0.5, 0.6) is 0 Å². The maximum atomic E-state index is 12.1. The predicted octanol–water partition coefficient (Wildman–Crippen LogP) is 2.07. The Morgan fingerprint density at radius 1 is 1.35 bits per heavy atom. The van der Waals surface area contributed by atoms with Crippen LogP contribution in [-0.2, 0) is 10.5 Å². The molecular weight excluding hydrogens is 372 g/mol. The highest BCUT2D eigenvalue weighted by Gasteiger charge is 2.07. The van der Waals surface area contributed by atoms with Gasteiger partial charge in [-0.2, -0.15) is 11.8 Å². The molecule has 0 aliphatic rings. The highest BCUT2D eigenvalue weighted by Crippen LogP contribution is 2.19. The summed E-state index contributed by atoms with van der Waals surface area (Å²) < 4.78 is 0. The van der Waals surface area contributed by atoms with Crippen molar-refractivity contribution in [3.8, 4) is 0 Å². The highest BCUT2D eigenvalue weighted by atomic mass is 32.2. The molecule has 0 bridgehead atoms. The summed E-state index contributed by atoms with van der Waals surface area (Å²) >= 11 is 3.04. The molecule has 10 heteroatoms. The molecule has 2 amide bonds. The van der Waals surface area contributed by atoms with Gasteiger partial charge in [0.25, 0.3) is 5.91 Å². The van der Waals surface area contributed by atoms with Crippen LogP contribution in [0.2, 0.25) is 0 Å². The van der Waals surface area contributed by atoms with E-state index in [2.05, 4.69) is 20.9 Å². The van der Waals surface area contributed by atoms with Crippen LogP contribution in [0.1, 0.15) is 23.0 Å². The summed E-state index contributed by atoms with van der Waals surface area (Å²) in [6, 6.07) is 6.80. The van der Waals surface area contributed by atoms with Gasteiger partial charge in [0.1, 0.15) is 0 Å². The first-order valence-electron chi connectivity index (χ1n) is 7.73. The number of rotatable bonds is 8. The number of guanidine groups is 1. The van der Waals surface area contributed by atoms with Crippen molar-refractivity contribution in [2.75, 3.05) is 22.9 Å². The van der Waals surface area contributed by atoms with E-state index in [4.69, 9.17) is 11.1 Å². The number of nitrogens with zero attached hydrogens (tertiary/aromatic N) is 1. The summed E-state index contributed by atoms with van der Waals surface area (Å²) in [5.74, 6) is 0.958. The van der Waals surface area contributed by atoms with E-state index in [9.17, 15) is 9.59 Å². The van der Waals surface area contributed by atoms with Crippen molar-refractivity contribution in [3.05, 3.63) is 40.9 Å². The Kier molecular flexibility index (Phi) is 7.42. The van der Waals surface area contributed by atoms with Gasteiger partial charge in [0.15, 0.2) is 11.1 Å². The number of carbonyl (C=O) groups excluding carboxylic acids is 2. The Labute approximate surface area is 159 Å². The topological polar surface area (TPSA) is 133 Å². The van der Waals surface area contributed by atoms with Crippen molar-refractivity contribution in [1.29, 1.82) is 5.41 Å². The van der Waals surface area contributed by atoms with Gasteiger partial charge in [0.2, 0.25) is 5.91 Å². The lowest BCUT2D eigenvalue weighted by atomic mass is 10.2. The van der Waals surface area contributed by atoms with Crippen LogP contribution in [0.15, 0.2) is 29.6 Å². The van der Waals surface area contributed by atoms with Crippen LogP contribution in [-0.4, -0.2) is 35.1 Å². The summed E-state index contributed by atoms with van der Waals surface area (Å²) in [6.45, 7) is 1.95. The molecule has 138 valence electrons. The Hall–Kier alpha value is -2.59. The number of amides is 2. The molecule has 1 heterocycles. The minimum atomic E-state index is -0.181. The van der Waals surface area contributed by atoms with Crippen molar-refractivity contribution >= 4 is 51.7 Å². The maximum absolute atomic E-state index is 12.1. The number of thiazole rings is 1. The summed E-state index contributed by atoms with van der Waals surface area (Å²) in [6.07, 6.45) is 0. The minimum Gasteiger partial charge on any atom is -0.370 e. The van der Waals surface area contributed by atoms with Crippen LogP contribution in [0.3, 0.4) is 0 Å². The second-order valence-corrected chi connectivity index (χ2v) is 7.22. The van der Waals surface area contributed by atoms with Gasteiger partial charge in [-0.15, -0.1) is 11.3 Å². The smallest absolute Gasteiger partial charge is 0.251 e. The molecule has 2 rings (SSSR count). The van der Waals surface area contributed by atoms with Gasteiger partial charge in [-0.05, 0) is 18.2 Å². The number of benzene rings is 1.